The first-order chi connectivity index (χ1) is 17.8. The Balaban J connectivity index is 1.20. The number of piperidine rings is 1. The second-order valence-electron chi connectivity index (χ2n) is 10.8. The van der Waals surface area contributed by atoms with E-state index >= 15 is 0 Å². The lowest BCUT2D eigenvalue weighted by Crippen LogP contribution is -2.68. The van der Waals surface area contributed by atoms with Crippen molar-refractivity contribution in [1.82, 2.24) is 14.7 Å². The van der Waals surface area contributed by atoms with E-state index < -0.39 is 46.2 Å². The van der Waals surface area contributed by atoms with E-state index in [0.717, 1.165) is 18.2 Å². The van der Waals surface area contributed by atoms with Gasteiger partial charge in [-0.2, -0.15) is 13.2 Å². The van der Waals surface area contributed by atoms with Gasteiger partial charge in [-0.15, -0.1) is 0 Å². The van der Waals surface area contributed by atoms with Crippen LogP contribution in [-0.4, -0.2) is 90.1 Å². The SMILES string of the molecule is C[C@H]1C(=O)N2[C@@H](CCN3CCC4(CC4)C(F)(F)C3)COC[C@H]2CN1C(=O)Nc1ccc(C(F)(F)F)c(Cl)c1. The first kappa shape index (κ1) is 27.4. The number of hydrogen-bond donors (Lipinski definition) is 1. The molecule has 5 rings (SSSR count). The summed E-state index contributed by atoms with van der Waals surface area (Å²) in [5.74, 6) is -2.98. The quantitative estimate of drug-likeness (QED) is 0.539. The van der Waals surface area contributed by atoms with Gasteiger partial charge in [0, 0.05) is 24.2 Å². The van der Waals surface area contributed by atoms with E-state index in [2.05, 4.69) is 5.32 Å². The Hall–Kier alpha value is -2.18. The van der Waals surface area contributed by atoms with E-state index in [1.54, 1.807) is 16.7 Å². The van der Waals surface area contributed by atoms with Gasteiger partial charge < -0.3 is 19.9 Å². The van der Waals surface area contributed by atoms with Crippen LogP contribution in [0, 0.1) is 5.41 Å². The van der Waals surface area contributed by atoms with E-state index in [-0.39, 0.29) is 37.3 Å². The molecule has 0 radical (unpaired) electrons. The minimum absolute atomic E-state index is 0.0687. The summed E-state index contributed by atoms with van der Waals surface area (Å²) in [5, 5.41) is 1.97. The number of morpholine rings is 1. The molecule has 38 heavy (non-hydrogen) atoms. The van der Waals surface area contributed by atoms with Crippen LogP contribution in [0.3, 0.4) is 0 Å². The maximum absolute atomic E-state index is 14.6. The first-order valence-electron chi connectivity index (χ1n) is 12.8. The first-order valence-corrected chi connectivity index (χ1v) is 13.1. The normalized spacial score (nSPS) is 28.8. The second-order valence-corrected chi connectivity index (χ2v) is 11.2. The van der Waals surface area contributed by atoms with E-state index in [9.17, 15) is 31.5 Å². The zero-order valence-corrected chi connectivity index (χ0v) is 21.6. The number of halogens is 6. The molecule has 7 nitrogen and oxygen atoms in total. The standard InChI is InChI=1S/C25H30ClF5N4O3/c1-15-21(36)35-17(4-8-33-9-7-23(5-6-23)24(27,28)14-33)12-38-13-18(35)11-34(15)22(37)32-16-2-3-19(20(26)10-16)25(29,30)31/h2-3,10,15,17-18H,4-9,11-14H2,1H3,(H,32,37)/t15-,17-,18+/m0/s1. The van der Waals surface area contributed by atoms with Crippen molar-refractivity contribution in [2.45, 2.75) is 62.8 Å². The molecule has 1 spiro atoms. The highest BCUT2D eigenvalue weighted by Crippen LogP contribution is 2.61. The molecule has 4 fully saturated rings. The number of benzene rings is 1. The summed E-state index contributed by atoms with van der Waals surface area (Å²) in [4.78, 5) is 31.2. The molecule has 3 atom stereocenters. The lowest BCUT2D eigenvalue weighted by atomic mass is 9.89. The van der Waals surface area contributed by atoms with Gasteiger partial charge >= 0.3 is 12.2 Å². The lowest BCUT2D eigenvalue weighted by molar-refractivity contribution is -0.160. The molecular weight excluding hydrogens is 535 g/mol. The smallest absolute Gasteiger partial charge is 0.377 e. The molecular formula is C25H30ClF5N4O3. The van der Waals surface area contributed by atoms with Gasteiger partial charge in [0.05, 0.1) is 42.4 Å². The van der Waals surface area contributed by atoms with Gasteiger partial charge in [0.2, 0.25) is 5.91 Å². The number of ether oxygens (including phenoxy) is 1. The largest absolute Gasteiger partial charge is 0.417 e. The summed E-state index contributed by atoms with van der Waals surface area (Å²) in [6, 6.07) is 0.709. The molecule has 0 bridgehead atoms. The zero-order valence-electron chi connectivity index (χ0n) is 20.9. The minimum atomic E-state index is -4.62. The Kier molecular flexibility index (Phi) is 7.05. The molecule has 4 aliphatic rings. The van der Waals surface area contributed by atoms with E-state index in [0.29, 0.717) is 45.4 Å². The number of piperazine rings is 1. The highest BCUT2D eigenvalue weighted by molar-refractivity contribution is 6.31. The number of urea groups is 1. The number of amides is 3. The third-order valence-electron chi connectivity index (χ3n) is 8.42. The molecule has 1 aromatic rings. The number of nitrogens with one attached hydrogen (secondary N) is 1. The van der Waals surface area contributed by atoms with Crippen molar-refractivity contribution in [3.8, 4) is 0 Å². The third-order valence-corrected chi connectivity index (χ3v) is 8.73. The molecule has 1 N–H and O–H groups in total. The Morgan fingerprint density at radius 2 is 1.95 bits per heavy atom. The maximum Gasteiger partial charge on any atom is 0.417 e. The molecule has 0 aromatic heterocycles. The van der Waals surface area contributed by atoms with Crippen LogP contribution in [0.2, 0.25) is 5.02 Å². The summed E-state index contributed by atoms with van der Waals surface area (Å²) in [5.41, 5.74) is -1.75. The van der Waals surface area contributed by atoms with Gasteiger partial charge in [-0.1, -0.05) is 11.6 Å². The Morgan fingerprint density at radius 3 is 2.58 bits per heavy atom. The molecule has 3 aliphatic heterocycles. The molecule has 1 aliphatic carbocycles. The fourth-order valence-corrected chi connectivity index (χ4v) is 6.19. The van der Waals surface area contributed by atoms with Crippen LogP contribution in [0.1, 0.15) is 38.2 Å². The monoisotopic (exact) mass is 564 g/mol. The predicted molar refractivity (Wildman–Crippen MR) is 129 cm³/mol. The Morgan fingerprint density at radius 1 is 1.21 bits per heavy atom. The second kappa shape index (κ2) is 9.78. The van der Waals surface area contributed by atoms with Gasteiger partial charge in [-0.25, -0.2) is 13.6 Å². The number of likely N-dealkylation sites (tertiary alicyclic amines) is 1. The fraction of sp³-hybridized carbons (Fsp3) is 0.680. The van der Waals surface area contributed by atoms with Crippen LogP contribution in [0.4, 0.5) is 32.4 Å². The van der Waals surface area contributed by atoms with Crippen molar-refractivity contribution < 1.29 is 36.3 Å². The van der Waals surface area contributed by atoms with E-state index in [4.69, 9.17) is 16.3 Å². The number of anilines is 1. The van der Waals surface area contributed by atoms with Gasteiger partial charge in [0.25, 0.3) is 5.92 Å². The van der Waals surface area contributed by atoms with Crippen molar-refractivity contribution in [2.75, 3.05) is 44.7 Å². The number of carbonyl (C=O) groups excluding carboxylic acids is 2. The van der Waals surface area contributed by atoms with Crippen LogP contribution in [-0.2, 0) is 15.7 Å². The molecule has 13 heteroatoms. The molecule has 1 saturated carbocycles. The van der Waals surface area contributed by atoms with Crippen molar-refractivity contribution >= 4 is 29.2 Å². The van der Waals surface area contributed by atoms with Crippen LogP contribution in [0.5, 0.6) is 0 Å². The van der Waals surface area contributed by atoms with Gasteiger partial charge in [0.1, 0.15) is 6.04 Å². The number of nitrogens with zero attached hydrogens (tertiary/aromatic N) is 3. The van der Waals surface area contributed by atoms with Gasteiger partial charge in [0.15, 0.2) is 0 Å². The molecule has 210 valence electrons. The topological polar surface area (TPSA) is 65.1 Å². The number of fused-ring (bicyclic) bond motifs is 1. The molecule has 3 heterocycles. The number of alkyl halides is 5. The predicted octanol–water partition coefficient (Wildman–Crippen LogP) is 4.70. The average molecular weight is 565 g/mol. The molecule has 3 saturated heterocycles. The number of carbonyl (C=O) groups is 2. The summed E-state index contributed by atoms with van der Waals surface area (Å²) in [6.07, 6.45) is -2.49. The summed E-state index contributed by atoms with van der Waals surface area (Å²) in [6.45, 7) is 3.02. The molecule has 3 amide bonds. The summed E-state index contributed by atoms with van der Waals surface area (Å²) < 4.78 is 73.8. The molecule has 0 unspecified atom stereocenters. The van der Waals surface area contributed by atoms with Crippen LogP contribution >= 0.6 is 11.6 Å². The Bertz CT molecular complexity index is 1100. The van der Waals surface area contributed by atoms with Crippen molar-refractivity contribution in [2.24, 2.45) is 5.41 Å². The van der Waals surface area contributed by atoms with Crippen LogP contribution in [0.15, 0.2) is 18.2 Å². The highest BCUT2D eigenvalue weighted by Gasteiger charge is 2.63. The Labute approximate surface area is 222 Å². The fourth-order valence-electron chi connectivity index (χ4n) is 5.90. The minimum Gasteiger partial charge on any atom is -0.377 e. The van der Waals surface area contributed by atoms with Gasteiger partial charge in [-0.3, -0.25) is 9.69 Å². The van der Waals surface area contributed by atoms with Crippen LogP contribution in [0.25, 0.3) is 0 Å². The number of hydrogen-bond acceptors (Lipinski definition) is 4. The van der Waals surface area contributed by atoms with Crippen LogP contribution < -0.4 is 5.32 Å². The van der Waals surface area contributed by atoms with Crippen molar-refractivity contribution in [3.63, 3.8) is 0 Å². The van der Waals surface area contributed by atoms with Gasteiger partial charge in [-0.05, 0) is 57.4 Å². The third kappa shape index (κ3) is 5.06. The maximum atomic E-state index is 14.6. The van der Waals surface area contributed by atoms with Crippen molar-refractivity contribution in [1.29, 1.82) is 0 Å². The zero-order chi connectivity index (χ0) is 27.5. The molecule has 1 aromatic carbocycles. The highest BCUT2D eigenvalue weighted by atomic mass is 35.5. The van der Waals surface area contributed by atoms with E-state index in [1.165, 1.54) is 4.90 Å². The lowest BCUT2D eigenvalue weighted by Gasteiger charge is -2.50. The summed E-state index contributed by atoms with van der Waals surface area (Å²) >= 11 is 5.75. The summed E-state index contributed by atoms with van der Waals surface area (Å²) in [7, 11) is 0. The average Bonchev–Trinajstić information content (AvgIpc) is 3.63. The number of rotatable bonds is 4. The van der Waals surface area contributed by atoms with E-state index in [1.807, 2.05) is 0 Å². The van der Waals surface area contributed by atoms with Crippen molar-refractivity contribution in [3.05, 3.63) is 28.8 Å².